The molecule has 0 aromatic heterocycles. The van der Waals surface area contributed by atoms with E-state index in [1.807, 2.05) is 0 Å². The predicted molar refractivity (Wildman–Crippen MR) is 149 cm³/mol. The van der Waals surface area contributed by atoms with E-state index in [0.29, 0.717) is 11.8 Å². The van der Waals surface area contributed by atoms with Crippen LogP contribution in [0.4, 0.5) is 11.4 Å². The first-order chi connectivity index (χ1) is 16.5. The van der Waals surface area contributed by atoms with Crippen LogP contribution in [-0.2, 0) is 6.54 Å². The maximum absolute atomic E-state index is 2.66. The summed E-state index contributed by atoms with van der Waals surface area (Å²) in [5.74, 6) is 1.29. The number of rotatable bonds is 14. The van der Waals surface area contributed by atoms with Crippen LogP contribution in [0.2, 0.25) is 0 Å². The van der Waals surface area contributed by atoms with Crippen molar-refractivity contribution in [2.45, 2.75) is 33.2 Å². The highest BCUT2D eigenvalue weighted by atomic mass is 15.1. The molecular formula is C31H43N3. The van der Waals surface area contributed by atoms with E-state index in [2.05, 4.69) is 134 Å². The summed E-state index contributed by atoms with van der Waals surface area (Å²) in [4.78, 5) is 7.43. The molecule has 3 nitrogen and oxygen atoms in total. The molecule has 0 heterocycles. The highest BCUT2D eigenvalue weighted by molar-refractivity contribution is 5.45. The molecule has 2 unspecified atom stereocenters. The molecule has 3 aromatic carbocycles. The topological polar surface area (TPSA) is 9.72 Å². The van der Waals surface area contributed by atoms with Gasteiger partial charge in [-0.1, -0.05) is 80.6 Å². The summed E-state index contributed by atoms with van der Waals surface area (Å²) < 4.78 is 0. The number of hydrogen-bond acceptors (Lipinski definition) is 3. The Morgan fingerprint density at radius 1 is 0.559 bits per heavy atom. The molecule has 34 heavy (non-hydrogen) atoms. The van der Waals surface area contributed by atoms with Crippen molar-refractivity contribution in [1.29, 1.82) is 0 Å². The first-order valence-electron chi connectivity index (χ1n) is 12.8. The average molecular weight is 458 g/mol. The summed E-state index contributed by atoms with van der Waals surface area (Å²) in [5.41, 5.74) is 4.00. The second kappa shape index (κ2) is 13.8. The molecular weight excluding hydrogens is 414 g/mol. The lowest BCUT2D eigenvalue weighted by molar-refractivity contribution is 0.231. The van der Waals surface area contributed by atoms with Crippen LogP contribution in [0.1, 0.15) is 32.3 Å². The molecule has 0 aliphatic rings. The summed E-state index contributed by atoms with van der Waals surface area (Å²) in [7, 11) is 4.41. The second-order valence-electron chi connectivity index (χ2n) is 9.98. The maximum Gasteiger partial charge on any atom is 0.0363 e. The maximum atomic E-state index is 2.66. The van der Waals surface area contributed by atoms with Crippen molar-refractivity contribution in [2.24, 2.45) is 11.8 Å². The van der Waals surface area contributed by atoms with Gasteiger partial charge in [0, 0.05) is 45.1 Å². The minimum Gasteiger partial charge on any atom is -0.374 e. The zero-order valence-electron chi connectivity index (χ0n) is 21.6. The second-order valence-corrected chi connectivity index (χ2v) is 9.98. The van der Waals surface area contributed by atoms with Gasteiger partial charge >= 0.3 is 0 Å². The Morgan fingerprint density at radius 2 is 0.941 bits per heavy atom. The van der Waals surface area contributed by atoms with E-state index in [9.17, 15) is 0 Å². The van der Waals surface area contributed by atoms with Gasteiger partial charge in [-0.3, -0.25) is 4.90 Å². The van der Waals surface area contributed by atoms with E-state index in [0.717, 1.165) is 32.7 Å². The molecule has 3 aromatic rings. The Balaban J connectivity index is 1.51. The molecule has 0 spiro atoms. The van der Waals surface area contributed by atoms with Gasteiger partial charge in [0.2, 0.25) is 0 Å². The van der Waals surface area contributed by atoms with Crippen molar-refractivity contribution < 1.29 is 0 Å². The van der Waals surface area contributed by atoms with E-state index in [1.54, 1.807) is 0 Å². The van der Waals surface area contributed by atoms with Crippen molar-refractivity contribution >= 4 is 11.4 Å². The summed E-state index contributed by atoms with van der Waals surface area (Å²) in [6.07, 6.45) is 2.42. The first kappa shape index (κ1) is 25.8. The summed E-state index contributed by atoms with van der Waals surface area (Å²) in [5, 5.41) is 0. The molecule has 0 saturated carbocycles. The molecule has 0 aliphatic heterocycles. The number of hydrogen-bond donors (Lipinski definition) is 0. The molecule has 0 N–H and O–H groups in total. The normalized spacial score (nSPS) is 13.0. The minimum absolute atomic E-state index is 0.644. The van der Waals surface area contributed by atoms with Gasteiger partial charge in [0.25, 0.3) is 0 Å². The van der Waals surface area contributed by atoms with Crippen LogP contribution in [0, 0.1) is 11.8 Å². The average Bonchev–Trinajstić information content (AvgIpc) is 2.87. The van der Waals surface area contributed by atoms with Gasteiger partial charge in [-0.05, 0) is 67.6 Å². The molecule has 2 atom stereocenters. The lowest BCUT2D eigenvalue weighted by Crippen LogP contribution is -2.32. The zero-order valence-corrected chi connectivity index (χ0v) is 21.6. The van der Waals surface area contributed by atoms with Crippen molar-refractivity contribution in [3.05, 3.63) is 96.6 Å². The van der Waals surface area contributed by atoms with Crippen molar-refractivity contribution in [3.63, 3.8) is 0 Å². The third-order valence-corrected chi connectivity index (χ3v) is 6.69. The van der Waals surface area contributed by atoms with Gasteiger partial charge < -0.3 is 9.80 Å². The van der Waals surface area contributed by atoms with E-state index in [4.69, 9.17) is 0 Å². The van der Waals surface area contributed by atoms with Crippen LogP contribution in [-0.4, -0.2) is 45.2 Å². The van der Waals surface area contributed by atoms with Gasteiger partial charge in [0.05, 0.1) is 0 Å². The molecule has 0 aliphatic carbocycles. The fourth-order valence-electron chi connectivity index (χ4n) is 4.61. The third kappa shape index (κ3) is 8.87. The van der Waals surface area contributed by atoms with Crippen LogP contribution in [0.3, 0.4) is 0 Å². The summed E-state index contributed by atoms with van der Waals surface area (Å²) in [6.45, 7) is 10.3. The van der Waals surface area contributed by atoms with Gasteiger partial charge in [0.15, 0.2) is 0 Å². The zero-order chi connectivity index (χ0) is 24.2. The molecule has 0 bridgehead atoms. The van der Waals surface area contributed by atoms with E-state index >= 15 is 0 Å². The molecule has 182 valence electrons. The lowest BCUT2D eigenvalue weighted by atomic mass is 10.0. The van der Waals surface area contributed by atoms with Crippen LogP contribution >= 0.6 is 0 Å². The summed E-state index contributed by atoms with van der Waals surface area (Å²) in [6, 6.07) is 32.4. The lowest BCUT2D eigenvalue weighted by Gasteiger charge is -2.29. The van der Waals surface area contributed by atoms with Crippen molar-refractivity contribution in [2.75, 3.05) is 50.1 Å². The molecule has 0 saturated heterocycles. The van der Waals surface area contributed by atoms with Gasteiger partial charge in [-0.15, -0.1) is 0 Å². The Morgan fingerprint density at radius 3 is 1.35 bits per heavy atom. The number of benzene rings is 3. The Hall–Kier alpha value is -2.78. The van der Waals surface area contributed by atoms with Crippen LogP contribution in [0.5, 0.6) is 0 Å². The van der Waals surface area contributed by atoms with E-state index in [1.165, 1.54) is 29.8 Å². The van der Waals surface area contributed by atoms with E-state index in [-0.39, 0.29) is 0 Å². The third-order valence-electron chi connectivity index (χ3n) is 6.69. The minimum atomic E-state index is 0.644. The monoisotopic (exact) mass is 457 g/mol. The highest BCUT2D eigenvalue weighted by Gasteiger charge is 2.14. The van der Waals surface area contributed by atoms with Crippen molar-refractivity contribution in [3.8, 4) is 0 Å². The Labute approximate surface area is 208 Å². The molecule has 0 amide bonds. The van der Waals surface area contributed by atoms with Gasteiger partial charge in [0.1, 0.15) is 0 Å². The summed E-state index contributed by atoms with van der Waals surface area (Å²) >= 11 is 0. The van der Waals surface area contributed by atoms with Crippen molar-refractivity contribution in [1.82, 2.24) is 4.90 Å². The largest absolute Gasteiger partial charge is 0.374 e. The fourth-order valence-corrected chi connectivity index (χ4v) is 4.61. The van der Waals surface area contributed by atoms with Crippen LogP contribution in [0.15, 0.2) is 91.0 Å². The number of para-hydroxylation sites is 2. The Bertz CT molecular complexity index is 856. The fraction of sp³-hybridized carbons (Fsp3) is 0.419. The number of nitrogens with zero attached hydrogens (tertiary/aromatic N) is 3. The van der Waals surface area contributed by atoms with Gasteiger partial charge in [-0.25, -0.2) is 0 Å². The molecule has 0 radical (unpaired) electrons. The Kier molecular flexibility index (Phi) is 10.5. The molecule has 0 fully saturated rings. The molecule has 3 heteroatoms. The number of anilines is 2. The SMILES string of the molecule is CC(CCN(CCC(C)CN(C)c1ccccc1)Cc1ccccc1)CN(C)c1ccccc1. The predicted octanol–water partition coefficient (Wildman–Crippen LogP) is 6.81. The van der Waals surface area contributed by atoms with Gasteiger partial charge in [-0.2, -0.15) is 0 Å². The first-order valence-corrected chi connectivity index (χ1v) is 12.8. The van der Waals surface area contributed by atoms with E-state index < -0.39 is 0 Å². The molecule has 3 rings (SSSR count). The quantitative estimate of drug-likeness (QED) is 0.263. The smallest absolute Gasteiger partial charge is 0.0363 e. The standard InChI is InChI=1S/C31H43N3/c1-27(24-32(3)30-16-10-6-11-17-30)20-22-34(26-29-14-8-5-9-15-29)23-21-28(2)25-33(4)31-18-12-7-13-19-31/h5-19,27-28H,20-26H2,1-4H3. The van der Waals surface area contributed by atoms with Crippen LogP contribution < -0.4 is 9.80 Å². The van der Waals surface area contributed by atoms with Crippen LogP contribution in [0.25, 0.3) is 0 Å². The highest BCUT2D eigenvalue weighted by Crippen LogP contribution is 2.18.